The minimum atomic E-state index is -0.671. The highest BCUT2D eigenvalue weighted by atomic mass is 16.6. The molecule has 0 radical (unpaired) electrons. The second-order valence-electron chi connectivity index (χ2n) is 3.52. The summed E-state index contributed by atoms with van der Waals surface area (Å²) in [4.78, 5) is 10.8. The maximum Gasteiger partial charge on any atom is 0.331 e. The van der Waals surface area contributed by atoms with Gasteiger partial charge in [-0.05, 0) is 11.6 Å². The molecule has 3 heteroatoms. The molecule has 1 aliphatic rings. The van der Waals surface area contributed by atoms with E-state index >= 15 is 0 Å². The van der Waals surface area contributed by atoms with Crippen molar-refractivity contribution in [3.63, 3.8) is 0 Å². The van der Waals surface area contributed by atoms with E-state index in [9.17, 15) is 9.90 Å². The Morgan fingerprint density at radius 3 is 2.67 bits per heavy atom. The molecule has 0 unspecified atom stereocenters. The van der Waals surface area contributed by atoms with Crippen LogP contribution < -0.4 is 0 Å². The van der Waals surface area contributed by atoms with E-state index in [4.69, 9.17) is 4.74 Å². The summed E-state index contributed by atoms with van der Waals surface area (Å²) < 4.78 is 4.90. The average molecular weight is 204 g/mol. The number of cyclic esters (lactones) is 1. The highest BCUT2D eigenvalue weighted by molar-refractivity contribution is 5.84. The highest BCUT2D eigenvalue weighted by Crippen LogP contribution is 2.13. The molecule has 0 spiro atoms. The zero-order valence-electron chi connectivity index (χ0n) is 8.17. The lowest BCUT2D eigenvalue weighted by Crippen LogP contribution is -2.27. The lowest BCUT2D eigenvalue weighted by Gasteiger charge is -2.15. The smallest absolute Gasteiger partial charge is 0.331 e. The molecule has 1 heterocycles. The van der Waals surface area contributed by atoms with Crippen LogP contribution in [0, 0.1) is 0 Å². The fraction of sp³-hybridized carbons (Fsp3) is 0.250. The minimum Gasteiger partial charge on any atom is -0.452 e. The standard InChI is InChI=1S/C12H12O3/c13-10(11-6-7-12(14)15-11)8-9-4-2-1-3-5-9/h1-7,10-11,13H,8H2/t10-,11-/m1/s1. The van der Waals surface area contributed by atoms with Gasteiger partial charge < -0.3 is 9.84 Å². The molecule has 3 nitrogen and oxygen atoms in total. The van der Waals surface area contributed by atoms with Gasteiger partial charge in [0.2, 0.25) is 0 Å². The number of rotatable bonds is 3. The molecule has 0 aromatic heterocycles. The van der Waals surface area contributed by atoms with Crippen molar-refractivity contribution in [2.75, 3.05) is 0 Å². The third-order valence-electron chi connectivity index (χ3n) is 2.34. The topological polar surface area (TPSA) is 46.5 Å². The number of hydrogen-bond donors (Lipinski definition) is 1. The normalized spacial score (nSPS) is 21.4. The second-order valence-corrected chi connectivity index (χ2v) is 3.52. The Balaban J connectivity index is 1.96. The van der Waals surface area contributed by atoms with Crippen LogP contribution in [0.5, 0.6) is 0 Å². The Morgan fingerprint density at radius 2 is 2.07 bits per heavy atom. The predicted octanol–water partition coefficient (Wildman–Crippen LogP) is 1.07. The fourth-order valence-electron chi connectivity index (χ4n) is 1.56. The molecule has 0 fully saturated rings. The summed E-state index contributed by atoms with van der Waals surface area (Å²) in [5.74, 6) is -0.382. The molecule has 0 aliphatic carbocycles. The van der Waals surface area contributed by atoms with Crippen LogP contribution >= 0.6 is 0 Å². The number of aliphatic hydroxyl groups excluding tert-OH is 1. The molecule has 15 heavy (non-hydrogen) atoms. The van der Waals surface area contributed by atoms with Crippen molar-refractivity contribution in [2.24, 2.45) is 0 Å². The third kappa shape index (κ3) is 2.44. The van der Waals surface area contributed by atoms with E-state index in [-0.39, 0.29) is 5.97 Å². The lowest BCUT2D eigenvalue weighted by atomic mass is 10.0. The summed E-state index contributed by atoms with van der Waals surface area (Å²) in [5.41, 5.74) is 1.03. The van der Waals surface area contributed by atoms with Crippen molar-refractivity contribution in [2.45, 2.75) is 18.6 Å². The van der Waals surface area contributed by atoms with Gasteiger partial charge in [0.25, 0.3) is 0 Å². The van der Waals surface area contributed by atoms with Gasteiger partial charge in [-0.1, -0.05) is 30.3 Å². The van der Waals surface area contributed by atoms with Crippen LogP contribution in [-0.2, 0) is 16.0 Å². The van der Waals surface area contributed by atoms with Gasteiger partial charge in [0, 0.05) is 12.5 Å². The van der Waals surface area contributed by atoms with Crippen LogP contribution in [0.15, 0.2) is 42.5 Å². The van der Waals surface area contributed by atoms with Crippen LogP contribution in [-0.4, -0.2) is 23.3 Å². The van der Waals surface area contributed by atoms with Gasteiger partial charge in [-0.15, -0.1) is 0 Å². The minimum absolute atomic E-state index is 0.382. The largest absolute Gasteiger partial charge is 0.452 e. The SMILES string of the molecule is O=C1C=C[C@H]([C@H](O)Cc2ccccc2)O1. The molecule has 0 bridgehead atoms. The van der Waals surface area contributed by atoms with Crippen molar-refractivity contribution in [1.29, 1.82) is 0 Å². The summed E-state index contributed by atoms with van der Waals surface area (Å²) in [7, 11) is 0. The molecule has 1 aromatic rings. The van der Waals surface area contributed by atoms with Gasteiger partial charge in [0.15, 0.2) is 0 Å². The van der Waals surface area contributed by atoms with Crippen molar-refractivity contribution < 1.29 is 14.6 Å². The van der Waals surface area contributed by atoms with Crippen LogP contribution in [0.1, 0.15) is 5.56 Å². The van der Waals surface area contributed by atoms with E-state index in [2.05, 4.69) is 0 Å². The molecule has 2 rings (SSSR count). The summed E-state index contributed by atoms with van der Waals surface area (Å²) in [5, 5.41) is 9.79. The Labute approximate surface area is 88.0 Å². The van der Waals surface area contributed by atoms with E-state index in [0.717, 1.165) is 5.56 Å². The third-order valence-corrected chi connectivity index (χ3v) is 2.34. The number of hydrogen-bond acceptors (Lipinski definition) is 3. The van der Waals surface area contributed by atoms with E-state index in [1.54, 1.807) is 6.08 Å². The molecule has 2 atom stereocenters. The Kier molecular flexibility index (Phi) is 2.83. The summed E-state index contributed by atoms with van der Waals surface area (Å²) in [6.45, 7) is 0. The van der Waals surface area contributed by atoms with E-state index in [1.165, 1.54) is 6.08 Å². The van der Waals surface area contributed by atoms with Gasteiger partial charge in [0.05, 0.1) is 6.10 Å². The Morgan fingerprint density at radius 1 is 1.33 bits per heavy atom. The first-order chi connectivity index (χ1) is 7.25. The maximum absolute atomic E-state index is 10.8. The van der Waals surface area contributed by atoms with E-state index in [1.807, 2.05) is 30.3 Å². The summed E-state index contributed by atoms with van der Waals surface area (Å²) >= 11 is 0. The monoisotopic (exact) mass is 204 g/mol. The molecule has 78 valence electrons. The molecule has 1 N–H and O–H groups in total. The van der Waals surface area contributed by atoms with E-state index < -0.39 is 12.2 Å². The van der Waals surface area contributed by atoms with Gasteiger partial charge in [-0.2, -0.15) is 0 Å². The van der Waals surface area contributed by atoms with Gasteiger partial charge in [-0.3, -0.25) is 0 Å². The number of aliphatic hydroxyl groups is 1. The zero-order chi connectivity index (χ0) is 10.7. The van der Waals surface area contributed by atoms with Crippen molar-refractivity contribution in [1.82, 2.24) is 0 Å². The van der Waals surface area contributed by atoms with Gasteiger partial charge in [-0.25, -0.2) is 4.79 Å². The van der Waals surface area contributed by atoms with Crippen LogP contribution in [0.2, 0.25) is 0 Å². The first-order valence-corrected chi connectivity index (χ1v) is 4.86. The molecule has 0 saturated carbocycles. The van der Waals surface area contributed by atoms with Gasteiger partial charge >= 0.3 is 5.97 Å². The van der Waals surface area contributed by atoms with Crippen molar-refractivity contribution >= 4 is 5.97 Å². The van der Waals surface area contributed by atoms with Crippen LogP contribution in [0.25, 0.3) is 0 Å². The molecule has 0 amide bonds. The lowest BCUT2D eigenvalue weighted by molar-refractivity contribution is -0.142. The predicted molar refractivity (Wildman–Crippen MR) is 55.2 cm³/mol. The highest BCUT2D eigenvalue weighted by Gasteiger charge is 2.24. The molecular formula is C12H12O3. The van der Waals surface area contributed by atoms with Crippen molar-refractivity contribution in [3.05, 3.63) is 48.0 Å². The van der Waals surface area contributed by atoms with Gasteiger partial charge in [0.1, 0.15) is 6.10 Å². The number of benzene rings is 1. The molecule has 1 aliphatic heterocycles. The summed E-state index contributed by atoms with van der Waals surface area (Å²) in [6.07, 6.45) is 2.26. The molecular weight excluding hydrogens is 192 g/mol. The van der Waals surface area contributed by atoms with E-state index in [0.29, 0.717) is 6.42 Å². The number of carbonyl (C=O) groups excluding carboxylic acids is 1. The first-order valence-electron chi connectivity index (χ1n) is 4.86. The number of ether oxygens (including phenoxy) is 1. The molecule has 0 saturated heterocycles. The van der Waals surface area contributed by atoms with Crippen LogP contribution in [0.4, 0.5) is 0 Å². The second kappa shape index (κ2) is 4.28. The molecule has 1 aromatic carbocycles. The number of esters is 1. The Hall–Kier alpha value is -1.61. The fourth-order valence-corrected chi connectivity index (χ4v) is 1.56. The van der Waals surface area contributed by atoms with Crippen molar-refractivity contribution in [3.8, 4) is 0 Å². The maximum atomic E-state index is 10.8. The summed E-state index contributed by atoms with van der Waals surface area (Å²) in [6, 6.07) is 9.62. The van der Waals surface area contributed by atoms with Crippen LogP contribution in [0.3, 0.4) is 0 Å². The quantitative estimate of drug-likeness (QED) is 0.749. The zero-order valence-corrected chi connectivity index (χ0v) is 8.17. The first kappa shape index (κ1) is 9.93. The average Bonchev–Trinajstić information content (AvgIpc) is 2.66. The number of carbonyl (C=O) groups is 1. The Bertz CT molecular complexity index is 370.